The van der Waals surface area contributed by atoms with Crippen molar-refractivity contribution < 1.29 is 19.4 Å². The van der Waals surface area contributed by atoms with Crippen LogP contribution in [0.2, 0.25) is 0 Å². The number of fused-ring (bicyclic) bond motifs is 2. The number of rotatable bonds is 6. The number of hydrogen-bond acceptors (Lipinski definition) is 3. The maximum absolute atomic E-state index is 12.6. The van der Waals surface area contributed by atoms with E-state index >= 15 is 0 Å². The van der Waals surface area contributed by atoms with Crippen LogP contribution in [0.25, 0.3) is 0 Å². The normalized spacial score (nSPS) is 28.0. The summed E-state index contributed by atoms with van der Waals surface area (Å²) in [5, 5.41) is 12.3. The Labute approximate surface area is 135 Å². The molecule has 0 spiro atoms. The van der Waals surface area contributed by atoms with Crippen LogP contribution in [0.4, 0.5) is 5.69 Å². The minimum atomic E-state index is -0.882. The van der Waals surface area contributed by atoms with Gasteiger partial charge >= 0.3 is 5.97 Å². The lowest BCUT2D eigenvalue weighted by molar-refractivity contribution is -0.146. The largest absolute Gasteiger partial charge is 0.481 e. The maximum Gasteiger partial charge on any atom is 0.307 e. The molecule has 122 valence electrons. The molecule has 4 atom stereocenters. The SMILES string of the molecule is CCOCc1cccc(NC(=O)C2C3C=CC(C3)C2C(=O)O)c1. The number of anilines is 1. The molecular formula is C18H21NO4. The molecule has 0 heterocycles. The van der Waals surface area contributed by atoms with Gasteiger partial charge in [0.1, 0.15) is 0 Å². The van der Waals surface area contributed by atoms with E-state index in [0.717, 1.165) is 12.0 Å². The molecule has 2 aliphatic carbocycles. The summed E-state index contributed by atoms with van der Waals surface area (Å²) in [6.07, 6.45) is 4.69. The monoisotopic (exact) mass is 315 g/mol. The Kier molecular flexibility index (Phi) is 4.48. The second kappa shape index (κ2) is 6.54. The van der Waals surface area contributed by atoms with Crippen LogP contribution in [0.15, 0.2) is 36.4 Å². The fraction of sp³-hybridized carbons (Fsp3) is 0.444. The molecule has 1 saturated carbocycles. The van der Waals surface area contributed by atoms with Crippen LogP contribution < -0.4 is 5.32 Å². The summed E-state index contributed by atoms with van der Waals surface area (Å²) < 4.78 is 5.37. The van der Waals surface area contributed by atoms with E-state index in [0.29, 0.717) is 18.9 Å². The summed E-state index contributed by atoms with van der Waals surface area (Å²) in [6, 6.07) is 7.48. The van der Waals surface area contributed by atoms with Crippen molar-refractivity contribution in [1.29, 1.82) is 0 Å². The molecule has 0 radical (unpaired) electrons. The first-order valence-corrected chi connectivity index (χ1v) is 7.99. The number of carboxylic acids is 1. The van der Waals surface area contributed by atoms with Crippen LogP contribution in [0.5, 0.6) is 0 Å². The highest BCUT2D eigenvalue weighted by Gasteiger charge is 2.51. The van der Waals surface area contributed by atoms with Crippen LogP contribution in [0, 0.1) is 23.7 Å². The molecule has 0 saturated heterocycles. The van der Waals surface area contributed by atoms with Crippen molar-refractivity contribution in [2.75, 3.05) is 11.9 Å². The lowest BCUT2D eigenvalue weighted by Crippen LogP contribution is -2.36. The molecule has 4 unspecified atom stereocenters. The first-order valence-electron chi connectivity index (χ1n) is 7.99. The van der Waals surface area contributed by atoms with Crippen molar-refractivity contribution in [3.8, 4) is 0 Å². The van der Waals surface area contributed by atoms with Crippen LogP contribution in [-0.4, -0.2) is 23.6 Å². The van der Waals surface area contributed by atoms with Gasteiger partial charge in [0.2, 0.25) is 5.91 Å². The summed E-state index contributed by atoms with van der Waals surface area (Å²) in [5.74, 6) is -2.17. The standard InChI is InChI=1S/C18H21NO4/c1-2-23-10-11-4-3-5-14(8-11)19-17(20)15-12-6-7-13(9-12)16(15)18(21)22/h3-8,12-13,15-16H,2,9-10H2,1H3,(H,19,20)(H,21,22). The second-order valence-electron chi connectivity index (χ2n) is 6.16. The molecule has 23 heavy (non-hydrogen) atoms. The summed E-state index contributed by atoms with van der Waals surface area (Å²) in [6.45, 7) is 3.06. The topological polar surface area (TPSA) is 75.6 Å². The summed E-state index contributed by atoms with van der Waals surface area (Å²) in [7, 11) is 0. The molecule has 1 amide bonds. The van der Waals surface area contributed by atoms with E-state index < -0.39 is 17.8 Å². The van der Waals surface area contributed by atoms with Gasteiger partial charge in [0.25, 0.3) is 0 Å². The predicted octanol–water partition coefficient (Wildman–Crippen LogP) is 2.68. The number of carbonyl (C=O) groups excluding carboxylic acids is 1. The lowest BCUT2D eigenvalue weighted by Gasteiger charge is -2.24. The summed E-state index contributed by atoms with van der Waals surface area (Å²) in [5.41, 5.74) is 1.66. The Morgan fingerprint density at radius 3 is 2.70 bits per heavy atom. The van der Waals surface area contributed by atoms with Gasteiger partial charge in [0, 0.05) is 12.3 Å². The zero-order valence-corrected chi connectivity index (χ0v) is 13.1. The highest BCUT2D eigenvalue weighted by Crippen LogP contribution is 2.48. The van der Waals surface area contributed by atoms with Crippen LogP contribution in [-0.2, 0) is 20.9 Å². The van der Waals surface area contributed by atoms with Crippen molar-refractivity contribution >= 4 is 17.6 Å². The highest BCUT2D eigenvalue weighted by molar-refractivity contribution is 5.96. The summed E-state index contributed by atoms with van der Waals surface area (Å²) in [4.78, 5) is 24.1. The average molecular weight is 315 g/mol. The average Bonchev–Trinajstić information content (AvgIpc) is 3.14. The van der Waals surface area contributed by atoms with Gasteiger partial charge in [0.15, 0.2) is 0 Å². The molecule has 0 aromatic heterocycles. The van der Waals surface area contributed by atoms with E-state index in [1.54, 1.807) is 0 Å². The summed E-state index contributed by atoms with van der Waals surface area (Å²) >= 11 is 0. The molecule has 0 aliphatic heterocycles. The smallest absolute Gasteiger partial charge is 0.307 e. The second-order valence-corrected chi connectivity index (χ2v) is 6.16. The molecule has 1 fully saturated rings. The number of carboxylic acid groups (broad SMARTS) is 1. The Balaban J connectivity index is 1.72. The van der Waals surface area contributed by atoms with Gasteiger partial charge in [-0.2, -0.15) is 0 Å². The number of nitrogens with one attached hydrogen (secondary N) is 1. The van der Waals surface area contributed by atoms with Crippen molar-refractivity contribution in [2.45, 2.75) is 20.0 Å². The van der Waals surface area contributed by atoms with Crippen molar-refractivity contribution in [1.82, 2.24) is 0 Å². The van der Waals surface area contributed by atoms with E-state index in [4.69, 9.17) is 4.74 Å². The Morgan fingerprint density at radius 1 is 1.26 bits per heavy atom. The third-order valence-corrected chi connectivity index (χ3v) is 4.71. The quantitative estimate of drug-likeness (QED) is 0.791. The molecular weight excluding hydrogens is 294 g/mol. The minimum absolute atomic E-state index is 0.0162. The van der Waals surface area contributed by atoms with E-state index in [-0.39, 0.29) is 17.7 Å². The third kappa shape index (κ3) is 3.15. The molecule has 2 N–H and O–H groups in total. The Bertz CT molecular complexity index is 640. The van der Waals surface area contributed by atoms with Gasteiger partial charge in [-0.1, -0.05) is 24.3 Å². The van der Waals surface area contributed by atoms with E-state index in [1.807, 2.05) is 43.3 Å². The van der Waals surface area contributed by atoms with Gasteiger partial charge in [-0.15, -0.1) is 0 Å². The van der Waals surface area contributed by atoms with E-state index in [2.05, 4.69) is 5.32 Å². The molecule has 1 aromatic carbocycles. The van der Waals surface area contributed by atoms with Crippen LogP contribution in [0.3, 0.4) is 0 Å². The first-order chi connectivity index (χ1) is 11.1. The van der Waals surface area contributed by atoms with Gasteiger partial charge in [0.05, 0.1) is 18.4 Å². The Hall–Kier alpha value is -2.14. The van der Waals surface area contributed by atoms with Crippen molar-refractivity contribution in [2.24, 2.45) is 23.7 Å². The number of allylic oxidation sites excluding steroid dienone is 2. The highest BCUT2D eigenvalue weighted by atomic mass is 16.5. The fourth-order valence-corrected chi connectivity index (χ4v) is 3.70. The fourth-order valence-electron chi connectivity index (χ4n) is 3.70. The number of benzene rings is 1. The molecule has 2 aliphatic rings. The minimum Gasteiger partial charge on any atom is -0.481 e. The predicted molar refractivity (Wildman–Crippen MR) is 85.8 cm³/mol. The van der Waals surface area contributed by atoms with Gasteiger partial charge in [-0.25, -0.2) is 0 Å². The maximum atomic E-state index is 12.6. The van der Waals surface area contributed by atoms with Crippen LogP contribution >= 0.6 is 0 Å². The van der Waals surface area contributed by atoms with Crippen molar-refractivity contribution in [3.05, 3.63) is 42.0 Å². The first kappa shape index (κ1) is 15.7. The lowest BCUT2D eigenvalue weighted by atomic mass is 9.82. The zero-order chi connectivity index (χ0) is 16.4. The number of aliphatic carboxylic acids is 1. The van der Waals surface area contributed by atoms with E-state index in [1.165, 1.54) is 0 Å². The molecule has 2 bridgehead atoms. The molecule has 3 rings (SSSR count). The van der Waals surface area contributed by atoms with Gasteiger partial charge in [-0.05, 0) is 42.9 Å². The van der Waals surface area contributed by atoms with Gasteiger partial charge in [-0.3, -0.25) is 9.59 Å². The molecule has 1 aromatic rings. The van der Waals surface area contributed by atoms with Gasteiger partial charge < -0.3 is 15.2 Å². The third-order valence-electron chi connectivity index (χ3n) is 4.71. The van der Waals surface area contributed by atoms with Crippen LogP contribution in [0.1, 0.15) is 18.9 Å². The number of carbonyl (C=O) groups is 2. The zero-order valence-electron chi connectivity index (χ0n) is 13.1. The molecule has 5 nitrogen and oxygen atoms in total. The Morgan fingerprint density at radius 2 is 2.00 bits per heavy atom. The number of ether oxygens (including phenoxy) is 1. The number of amides is 1. The van der Waals surface area contributed by atoms with E-state index in [9.17, 15) is 14.7 Å². The molecule has 5 heteroatoms. The number of hydrogen-bond donors (Lipinski definition) is 2. The van der Waals surface area contributed by atoms with Crippen molar-refractivity contribution in [3.63, 3.8) is 0 Å².